The zero-order chi connectivity index (χ0) is 17.4. The Morgan fingerprint density at radius 1 is 1.00 bits per heavy atom. The van der Waals surface area contributed by atoms with Crippen molar-refractivity contribution in [2.24, 2.45) is 0 Å². The van der Waals surface area contributed by atoms with Crippen molar-refractivity contribution >= 4 is 29.3 Å². The van der Waals surface area contributed by atoms with Gasteiger partial charge >= 0.3 is 11.8 Å². The lowest BCUT2D eigenvalue weighted by molar-refractivity contribution is -0.136. The second-order valence-corrected chi connectivity index (χ2v) is 6.30. The van der Waals surface area contributed by atoms with E-state index < -0.39 is 11.8 Å². The summed E-state index contributed by atoms with van der Waals surface area (Å²) in [6.45, 7) is 2.10. The van der Waals surface area contributed by atoms with Gasteiger partial charge in [-0.3, -0.25) is 9.59 Å². The number of para-hydroxylation sites is 1. The molecule has 0 radical (unpaired) electrons. The van der Waals surface area contributed by atoms with E-state index in [0.29, 0.717) is 5.69 Å². The number of rotatable bonds is 6. The van der Waals surface area contributed by atoms with Crippen molar-refractivity contribution in [1.82, 2.24) is 5.32 Å². The van der Waals surface area contributed by atoms with E-state index in [1.54, 1.807) is 30.0 Å². The number of hydrogen-bond donors (Lipinski definition) is 3. The Morgan fingerprint density at radius 2 is 1.67 bits per heavy atom. The van der Waals surface area contributed by atoms with Crippen molar-refractivity contribution in [2.45, 2.75) is 25.0 Å². The molecule has 0 spiro atoms. The molecule has 0 heterocycles. The fourth-order valence-electron chi connectivity index (χ4n) is 2.17. The highest BCUT2D eigenvalue weighted by Crippen LogP contribution is 2.26. The Hall–Kier alpha value is -2.31. The average Bonchev–Trinajstić information content (AvgIpc) is 2.61. The summed E-state index contributed by atoms with van der Waals surface area (Å²) in [4.78, 5) is 25.0. The molecule has 2 rings (SSSR count). The lowest BCUT2D eigenvalue weighted by atomic mass is 10.1. The third kappa shape index (κ3) is 4.84. The first-order valence-electron chi connectivity index (χ1n) is 7.64. The topological polar surface area (TPSA) is 78.4 Å². The minimum Gasteiger partial charge on any atom is -0.392 e. The van der Waals surface area contributed by atoms with E-state index in [9.17, 15) is 14.7 Å². The second kappa shape index (κ2) is 9.10. The van der Waals surface area contributed by atoms with Gasteiger partial charge in [0, 0.05) is 11.4 Å². The Balaban J connectivity index is 1.97. The average molecular weight is 344 g/mol. The SMILES string of the molecule is CCSc1ccccc1NC(=O)C(=O)NCc1ccccc1CO. The Labute approximate surface area is 145 Å². The first-order valence-corrected chi connectivity index (χ1v) is 8.63. The summed E-state index contributed by atoms with van der Waals surface area (Å²) in [7, 11) is 0. The van der Waals surface area contributed by atoms with Crippen LogP contribution in [0.15, 0.2) is 53.4 Å². The largest absolute Gasteiger partial charge is 0.392 e. The van der Waals surface area contributed by atoms with Gasteiger partial charge in [0.2, 0.25) is 0 Å². The molecule has 0 aromatic heterocycles. The quantitative estimate of drug-likeness (QED) is 0.556. The first-order chi connectivity index (χ1) is 11.7. The number of thioether (sulfide) groups is 1. The molecule has 0 fully saturated rings. The van der Waals surface area contributed by atoms with Crippen LogP contribution in [0.25, 0.3) is 0 Å². The predicted octanol–water partition coefficient (Wildman–Crippen LogP) is 2.55. The van der Waals surface area contributed by atoms with Crippen LogP contribution in [-0.2, 0) is 22.7 Å². The first kappa shape index (κ1) is 18.0. The highest BCUT2D eigenvalue weighted by molar-refractivity contribution is 7.99. The summed E-state index contributed by atoms with van der Waals surface area (Å²) in [5.41, 5.74) is 2.13. The third-order valence-electron chi connectivity index (χ3n) is 3.37. The summed E-state index contributed by atoms with van der Waals surface area (Å²) in [5.74, 6) is -0.545. The van der Waals surface area contributed by atoms with Gasteiger partial charge in [-0.2, -0.15) is 0 Å². The summed E-state index contributed by atoms with van der Waals surface area (Å²) >= 11 is 1.60. The van der Waals surface area contributed by atoms with Crippen molar-refractivity contribution in [3.63, 3.8) is 0 Å². The van der Waals surface area contributed by atoms with Gasteiger partial charge in [-0.05, 0) is 29.0 Å². The molecule has 0 aliphatic carbocycles. The molecule has 0 saturated heterocycles. The summed E-state index contributed by atoms with van der Waals surface area (Å²) in [6.07, 6.45) is 0. The minimum atomic E-state index is -0.709. The molecule has 2 aromatic carbocycles. The van der Waals surface area contributed by atoms with Crippen LogP contribution in [0.2, 0.25) is 0 Å². The molecule has 3 N–H and O–H groups in total. The Kier molecular flexibility index (Phi) is 6.84. The maximum absolute atomic E-state index is 12.1. The molecule has 0 atom stereocenters. The van der Waals surface area contributed by atoms with Gasteiger partial charge in [0.1, 0.15) is 0 Å². The standard InChI is InChI=1S/C18H20N2O3S/c1-2-24-16-10-6-5-9-15(16)20-18(23)17(22)19-11-13-7-3-4-8-14(13)12-21/h3-10,21H,2,11-12H2,1H3,(H,19,22)(H,20,23). The number of aliphatic hydroxyl groups excluding tert-OH is 1. The monoisotopic (exact) mass is 344 g/mol. The Morgan fingerprint density at radius 3 is 2.38 bits per heavy atom. The Bertz CT molecular complexity index is 719. The molecule has 6 heteroatoms. The van der Waals surface area contributed by atoms with Gasteiger partial charge in [-0.1, -0.05) is 43.3 Å². The molecule has 0 aliphatic rings. The third-order valence-corrected chi connectivity index (χ3v) is 4.33. The predicted molar refractivity (Wildman–Crippen MR) is 95.7 cm³/mol. The maximum Gasteiger partial charge on any atom is 0.313 e. The zero-order valence-electron chi connectivity index (χ0n) is 13.4. The van der Waals surface area contributed by atoms with E-state index in [4.69, 9.17) is 0 Å². The van der Waals surface area contributed by atoms with E-state index in [0.717, 1.165) is 21.8 Å². The van der Waals surface area contributed by atoms with Gasteiger partial charge in [0.15, 0.2) is 0 Å². The number of nitrogens with one attached hydrogen (secondary N) is 2. The van der Waals surface area contributed by atoms with Crippen LogP contribution in [0.4, 0.5) is 5.69 Å². The van der Waals surface area contributed by atoms with Crippen molar-refractivity contribution in [3.8, 4) is 0 Å². The smallest absolute Gasteiger partial charge is 0.313 e. The summed E-state index contributed by atoms with van der Waals surface area (Å²) in [5, 5.41) is 14.5. The highest BCUT2D eigenvalue weighted by atomic mass is 32.2. The van der Waals surface area contributed by atoms with Crippen LogP contribution in [0.5, 0.6) is 0 Å². The van der Waals surface area contributed by atoms with Gasteiger partial charge in [0.25, 0.3) is 0 Å². The molecule has 2 aromatic rings. The molecule has 24 heavy (non-hydrogen) atoms. The van der Waals surface area contributed by atoms with Gasteiger partial charge < -0.3 is 15.7 Å². The van der Waals surface area contributed by atoms with Crippen molar-refractivity contribution in [1.29, 1.82) is 0 Å². The van der Waals surface area contributed by atoms with E-state index in [2.05, 4.69) is 10.6 Å². The lowest BCUT2D eigenvalue weighted by Gasteiger charge is -2.11. The van der Waals surface area contributed by atoms with E-state index >= 15 is 0 Å². The number of hydrogen-bond acceptors (Lipinski definition) is 4. The van der Waals surface area contributed by atoms with Crippen LogP contribution < -0.4 is 10.6 Å². The van der Waals surface area contributed by atoms with E-state index in [1.807, 2.05) is 37.3 Å². The highest BCUT2D eigenvalue weighted by Gasteiger charge is 2.15. The molecule has 5 nitrogen and oxygen atoms in total. The normalized spacial score (nSPS) is 10.2. The van der Waals surface area contributed by atoms with Crippen molar-refractivity contribution in [2.75, 3.05) is 11.1 Å². The van der Waals surface area contributed by atoms with E-state index in [1.165, 1.54) is 0 Å². The molecule has 0 unspecified atom stereocenters. The van der Waals surface area contributed by atoms with Crippen LogP contribution in [-0.4, -0.2) is 22.7 Å². The summed E-state index contributed by atoms with van der Waals surface area (Å²) < 4.78 is 0. The molecule has 0 aliphatic heterocycles. The minimum absolute atomic E-state index is 0.111. The van der Waals surface area contributed by atoms with Crippen LogP contribution in [0.1, 0.15) is 18.1 Å². The maximum atomic E-state index is 12.1. The van der Waals surface area contributed by atoms with Crippen LogP contribution in [0.3, 0.4) is 0 Å². The molecule has 0 saturated carbocycles. The number of anilines is 1. The van der Waals surface area contributed by atoms with Crippen molar-refractivity contribution in [3.05, 3.63) is 59.7 Å². The van der Waals surface area contributed by atoms with Crippen LogP contribution in [0, 0.1) is 0 Å². The zero-order valence-corrected chi connectivity index (χ0v) is 14.2. The number of aliphatic hydroxyl groups is 1. The molecule has 0 bridgehead atoms. The summed E-state index contributed by atoms with van der Waals surface area (Å²) in [6, 6.07) is 14.6. The number of carbonyl (C=O) groups excluding carboxylic acids is 2. The van der Waals surface area contributed by atoms with Gasteiger partial charge in [-0.15, -0.1) is 11.8 Å². The van der Waals surface area contributed by atoms with Crippen molar-refractivity contribution < 1.29 is 14.7 Å². The van der Waals surface area contributed by atoms with E-state index in [-0.39, 0.29) is 13.2 Å². The molecule has 2 amide bonds. The lowest BCUT2D eigenvalue weighted by Crippen LogP contribution is -2.35. The van der Waals surface area contributed by atoms with Crippen LogP contribution >= 0.6 is 11.8 Å². The van der Waals surface area contributed by atoms with Gasteiger partial charge in [-0.25, -0.2) is 0 Å². The number of carbonyl (C=O) groups is 2. The number of amides is 2. The van der Waals surface area contributed by atoms with Gasteiger partial charge in [0.05, 0.1) is 12.3 Å². The second-order valence-electron chi connectivity index (χ2n) is 4.99. The molecule has 126 valence electrons. The molecular weight excluding hydrogens is 324 g/mol. The number of benzene rings is 2. The fraction of sp³-hybridized carbons (Fsp3) is 0.222. The molecular formula is C18H20N2O3S. The fourth-order valence-corrected chi connectivity index (χ4v) is 2.93.